The molecule has 0 aliphatic carbocycles. The number of amides is 1. The quantitative estimate of drug-likeness (QED) is 0.585. The van der Waals surface area contributed by atoms with E-state index in [1.807, 2.05) is 6.92 Å². The van der Waals surface area contributed by atoms with Crippen LogP contribution in [0.5, 0.6) is 0 Å². The van der Waals surface area contributed by atoms with E-state index in [4.69, 9.17) is 9.47 Å². The fourth-order valence-corrected chi connectivity index (χ4v) is 1.77. The number of rotatable bonds is 6. The molecule has 1 aliphatic rings. The molecule has 5 heteroatoms. The van der Waals surface area contributed by atoms with Crippen molar-refractivity contribution in [1.29, 1.82) is 0 Å². The van der Waals surface area contributed by atoms with Crippen LogP contribution in [-0.2, 0) is 14.3 Å². The Morgan fingerprint density at radius 3 is 3.00 bits per heavy atom. The second kappa shape index (κ2) is 6.45. The van der Waals surface area contributed by atoms with Gasteiger partial charge < -0.3 is 14.8 Å². The van der Waals surface area contributed by atoms with Crippen LogP contribution in [0, 0.1) is 0 Å². The molecule has 0 aromatic carbocycles. The molecule has 0 radical (unpaired) electrons. The summed E-state index contributed by atoms with van der Waals surface area (Å²) in [7, 11) is 0. The van der Waals surface area contributed by atoms with Gasteiger partial charge in [0.05, 0.1) is 13.2 Å². The summed E-state index contributed by atoms with van der Waals surface area (Å²) in [5.41, 5.74) is -0.616. The molecular formula is C10H18BrNO3. The van der Waals surface area contributed by atoms with Crippen molar-refractivity contribution in [2.24, 2.45) is 0 Å². The van der Waals surface area contributed by atoms with Gasteiger partial charge in [0, 0.05) is 18.5 Å². The van der Waals surface area contributed by atoms with E-state index in [-0.39, 0.29) is 5.91 Å². The Morgan fingerprint density at radius 1 is 1.60 bits per heavy atom. The lowest BCUT2D eigenvalue weighted by atomic mass is 10.0. The summed E-state index contributed by atoms with van der Waals surface area (Å²) >= 11 is 3.26. The average molecular weight is 280 g/mol. The third kappa shape index (κ3) is 4.09. The third-order valence-electron chi connectivity index (χ3n) is 2.45. The van der Waals surface area contributed by atoms with Crippen LogP contribution in [0.25, 0.3) is 0 Å². The Morgan fingerprint density at radius 2 is 2.40 bits per heavy atom. The average Bonchev–Trinajstić information content (AvgIpc) is 2.66. The highest BCUT2D eigenvalue weighted by Crippen LogP contribution is 2.24. The van der Waals surface area contributed by atoms with Gasteiger partial charge in [-0.2, -0.15) is 0 Å². The monoisotopic (exact) mass is 279 g/mol. The molecule has 0 aromatic rings. The highest BCUT2D eigenvalue weighted by atomic mass is 79.9. The Kier molecular flexibility index (Phi) is 5.56. The molecule has 15 heavy (non-hydrogen) atoms. The molecule has 1 unspecified atom stereocenters. The number of alkyl halides is 1. The van der Waals surface area contributed by atoms with E-state index >= 15 is 0 Å². The molecule has 88 valence electrons. The summed E-state index contributed by atoms with van der Waals surface area (Å²) in [6.45, 7) is 4.29. The number of carbonyl (C=O) groups is 1. The summed E-state index contributed by atoms with van der Waals surface area (Å²) < 4.78 is 10.6. The second-order valence-corrected chi connectivity index (χ2v) is 4.53. The molecule has 1 N–H and O–H groups in total. The highest BCUT2D eigenvalue weighted by molar-refractivity contribution is 9.09. The van der Waals surface area contributed by atoms with Crippen molar-refractivity contribution >= 4 is 21.8 Å². The van der Waals surface area contributed by atoms with Gasteiger partial charge >= 0.3 is 0 Å². The standard InChI is InChI=1S/C10H18BrNO3/c1-10(3-2-6-15-10)9(13)12-5-8-14-7-4-11/h2-8H2,1H3,(H,12,13). The van der Waals surface area contributed by atoms with Crippen LogP contribution >= 0.6 is 15.9 Å². The molecular weight excluding hydrogens is 262 g/mol. The molecule has 1 fully saturated rings. The second-order valence-electron chi connectivity index (χ2n) is 3.74. The largest absolute Gasteiger partial charge is 0.379 e. The van der Waals surface area contributed by atoms with Gasteiger partial charge in [0.2, 0.25) is 0 Å². The van der Waals surface area contributed by atoms with Gasteiger partial charge in [-0.05, 0) is 19.8 Å². The van der Waals surface area contributed by atoms with Crippen molar-refractivity contribution in [2.75, 3.05) is 31.7 Å². The SMILES string of the molecule is CC1(C(=O)NCCOCCBr)CCCO1. The lowest BCUT2D eigenvalue weighted by Crippen LogP contribution is -2.45. The van der Waals surface area contributed by atoms with Gasteiger partial charge in [-0.1, -0.05) is 15.9 Å². The van der Waals surface area contributed by atoms with Crippen molar-refractivity contribution in [3.05, 3.63) is 0 Å². The zero-order valence-corrected chi connectivity index (χ0v) is 10.6. The molecule has 0 saturated carbocycles. The maximum Gasteiger partial charge on any atom is 0.252 e. The number of halogens is 1. The Bertz CT molecular complexity index is 205. The molecule has 1 atom stereocenters. The first-order valence-corrected chi connectivity index (χ1v) is 6.37. The van der Waals surface area contributed by atoms with Gasteiger partial charge in [0.25, 0.3) is 5.91 Å². The molecule has 0 bridgehead atoms. The minimum atomic E-state index is -0.616. The van der Waals surface area contributed by atoms with Gasteiger partial charge in [0.1, 0.15) is 5.60 Å². The normalized spacial score (nSPS) is 25.5. The van der Waals surface area contributed by atoms with Crippen LogP contribution in [0.15, 0.2) is 0 Å². The highest BCUT2D eigenvalue weighted by Gasteiger charge is 2.37. The van der Waals surface area contributed by atoms with Crippen molar-refractivity contribution < 1.29 is 14.3 Å². The molecule has 1 rings (SSSR count). The fraction of sp³-hybridized carbons (Fsp3) is 0.900. The number of nitrogens with one attached hydrogen (secondary N) is 1. The number of hydrogen-bond acceptors (Lipinski definition) is 3. The van der Waals surface area contributed by atoms with Gasteiger partial charge in [-0.15, -0.1) is 0 Å². The first-order chi connectivity index (χ1) is 7.19. The van der Waals surface area contributed by atoms with E-state index in [1.54, 1.807) is 0 Å². The first kappa shape index (κ1) is 12.9. The Labute approximate surface area is 98.8 Å². The van der Waals surface area contributed by atoms with Gasteiger partial charge in [-0.25, -0.2) is 0 Å². The van der Waals surface area contributed by atoms with Crippen LogP contribution in [0.1, 0.15) is 19.8 Å². The zero-order valence-electron chi connectivity index (χ0n) is 9.05. The van der Waals surface area contributed by atoms with E-state index in [0.717, 1.165) is 18.2 Å². The van der Waals surface area contributed by atoms with Crippen molar-refractivity contribution in [3.63, 3.8) is 0 Å². The van der Waals surface area contributed by atoms with E-state index in [2.05, 4.69) is 21.2 Å². The zero-order chi connectivity index (χ0) is 11.1. The van der Waals surface area contributed by atoms with E-state index in [9.17, 15) is 4.79 Å². The van der Waals surface area contributed by atoms with Crippen molar-refractivity contribution in [1.82, 2.24) is 5.32 Å². The van der Waals surface area contributed by atoms with Crippen molar-refractivity contribution in [2.45, 2.75) is 25.4 Å². The maximum atomic E-state index is 11.7. The summed E-state index contributed by atoms with van der Waals surface area (Å²) in [4.78, 5) is 11.7. The predicted molar refractivity (Wildman–Crippen MR) is 61.2 cm³/mol. The van der Waals surface area contributed by atoms with Gasteiger partial charge in [0.15, 0.2) is 0 Å². The Balaban J connectivity index is 2.12. The van der Waals surface area contributed by atoms with Crippen LogP contribution in [0.3, 0.4) is 0 Å². The smallest absolute Gasteiger partial charge is 0.252 e. The molecule has 1 aliphatic heterocycles. The molecule has 1 saturated heterocycles. The number of carbonyl (C=O) groups excluding carboxylic acids is 1. The van der Waals surface area contributed by atoms with Crippen molar-refractivity contribution in [3.8, 4) is 0 Å². The molecule has 4 nitrogen and oxygen atoms in total. The number of hydrogen-bond donors (Lipinski definition) is 1. The molecule has 1 heterocycles. The van der Waals surface area contributed by atoms with E-state index < -0.39 is 5.60 Å². The van der Waals surface area contributed by atoms with E-state index in [1.165, 1.54) is 0 Å². The third-order valence-corrected chi connectivity index (χ3v) is 2.78. The maximum absolute atomic E-state index is 11.7. The summed E-state index contributed by atoms with van der Waals surface area (Å²) in [5, 5.41) is 3.64. The van der Waals surface area contributed by atoms with Crippen LogP contribution in [0.4, 0.5) is 0 Å². The lowest BCUT2D eigenvalue weighted by Gasteiger charge is -2.21. The minimum absolute atomic E-state index is 0.0255. The van der Waals surface area contributed by atoms with Crippen LogP contribution in [0.2, 0.25) is 0 Å². The molecule has 0 aromatic heterocycles. The number of ether oxygens (including phenoxy) is 2. The molecule has 1 amide bonds. The summed E-state index contributed by atoms with van der Waals surface area (Å²) in [6.07, 6.45) is 1.77. The van der Waals surface area contributed by atoms with Gasteiger partial charge in [-0.3, -0.25) is 4.79 Å². The predicted octanol–water partition coefficient (Wildman–Crippen LogP) is 1.08. The fourth-order valence-electron chi connectivity index (χ4n) is 1.54. The lowest BCUT2D eigenvalue weighted by molar-refractivity contribution is -0.139. The molecule has 0 spiro atoms. The topological polar surface area (TPSA) is 47.6 Å². The van der Waals surface area contributed by atoms with Crippen LogP contribution < -0.4 is 5.32 Å². The summed E-state index contributed by atoms with van der Waals surface area (Å²) in [6, 6.07) is 0. The van der Waals surface area contributed by atoms with Crippen LogP contribution in [-0.4, -0.2) is 43.2 Å². The Hall–Kier alpha value is -0.130. The first-order valence-electron chi connectivity index (χ1n) is 5.25. The minimum Gasteiger partial charge on any atom is -0.379 e. The summed E-state index contributed by atoms with van der Waals surface area (Å²) in [5.74, 6) is -0.0255. The van der Waals surface area contributed by atoms with E-state index in [0.29, 0.717) is 26.4 Å².